The van der Waals surface area contributed by atoms with Gasteiger partial charge in [-0.1, -0.05) is 42.5 Å². The lowest BCUT2D eigenvalue weighted by molar-refractivity contribution is -0.0542. The molecule has 1 aliphatic heterocycles. The highest BCUT2D eigenvalue weighted by Crippen LogP contribution is 2.68. The molecule has 0 saturated carbocycles. The van der Waals surface area contributed by atoms with Gasteiger partial charge in [-0.05, 0) is 16.3 Å². The van der Waals surface area contributed by atoms with Crippen LogP contribution in [0.25, 0.3) is 10.8 Å². The highest BCUT2D eigenvalue weighted by Gasteiger charge is 2.46. The summed E-state index contributed by atoms with van der Waals surface area (Å²) in [4.78, 5) is 55.0. The number of benzene rings is 2. The third kappa shape index (κ3) is 7.27. The van der Waals surface area contributed by atoms with Gasteiger partial charge in [-0.2, -0.15) is 4.31 Å². The fourth-order valence-corrected chi connectivity index (χ4v) is 8.08. The molecular weight excluding hydrogens is 585 g/mol. The van der Waals surface area contributed by atoms with Crippen molar-refractivity contribution >= 4 is 34.0 Å². The second-order valence-corrected chi connectivity index (χ2v) is 13.4. The normalized spacial score (nSPS) is 26.1. The number of nitrogens with zero attached hydrogens (tertiary/aromatic N) is 1. The summed E-state index contributed by atoms with van der Waals surface area (Å²) in [5.74, 6) is 0. The van der Waals surface area contributed by atoms with Crippen molar-refractivity contribution in [3.63, 3.8) is 0 Å². The molecule has 1 aliphatic rings. The van der Waals surface area contributed by atoms with Gasteiger partial charge in [-0.3, -0.25) is 23.4 Å². The molecule has 0 spiro atoms. The molecule has 0 radical (unpaired) electrons. The van der Waals surface area contributed by atoms with E-state index in [4.69, 9.17) is 4.74 Å². The van der Waals surface area contributed by atoms with Crippen molar-refractivity contribution < 1.29 is 56.5 Å². The minimum absolute atomic E-state index is 0.296. The van der Waals surface area contributed by atoms with Gasteiger partial charge in [-0.25, -0.2) is 18.2 Å². The Bertz CT molecular complexity index is 1620. The monoisotopic (exact) mass is 608 g/mol. The van der Waals surface area contributed by atoms with Crippen molar-refractivity contribution in [2.75, 3.05) is 6.61 Å². The minimum atomic E-state index is -5.68. The molecule has 6 N–H and O–H groups in total. The molecule has 39 heavy (non-hydrogen) atoms. The van der Waals surface area contributed by atoms with Crippen molar-refractivity contribution in [3.8, 4) is 0 Å². The molecular formula is C20H23N2O14P3. The number of aliphatic hydroxyl groups excluding tert-OH is 2. The van der Waals surface area contributed by atoms with Crippen LogP contribution in [0.15, 0.2) is 64.3 Å². The number of aromatic nitrogens is 2. The lowest BCUT2D eigenvalue weighted by Gasteiger charge is -2.20. The van der Waals surface area contributed by atoms with Crippen LogP contribution >= 0.6 is 23.2 Å². The molecule has 2 aromatic carbocycles. The van der Waals surface area contributed by atoms with E-state index < -0.39 is 71.8 Å². The molecule has 4 unspecified atom stereocenters. The molecule has 19 heteroatoms. The number of hydrogen-bond donors (Lipinski definition) is 6. The Morgan fingerprint density at radius 3 is 2.31 bits per heavy atom. The zero-order chi connectivity index (χ0) is 28.6. The summed E-state index contributed by atoms with van der Waals surface area (Å²) in [5.41, 5.74) is -1.42. The molecule has 16 nitrogen and oxygen atoms in total. The SMILES string of the molecule is O=c1ccn([C@@H]2O[C@H](COP(=O)(O)OP(=O)(O)OP(=O)(O)Cc3cccc4ccccc34)C(O)[C@@H]2O)c(=O)[nH]1. The van der Waals surface area contributed by atoms with Crippen LogP contribution in [0, 0.1) is 0 Å². The standard InChI is InChI=1S/C20H23N2O14P3/c23-16-8-9-22(20(26)21-16)19-18(25)17(24)15(34-19)10-33-38(29,30)36-39(31,32)35-37(27,28)11-13-6-3-5-12-4-1-2-7-14(12)13/h1-9,15,17-19,24-25H,10-11H2,(H,27,28)(H,29,30)(H,31,32)(H,21,23,26)/t15-,17?,18+,19-/m1/s1. The van der Waals surface area contributed by atoms with E-state index in [9.17, 15) is 48.2 Å². The second kappa shape index (κ2) is 11.3. The Kier molecular flexibility index (Phi) is 8.60. The first kappa shape index (κ1) is 29.7. The van der Waals surface area contributed by atoms with Gasteiger partial charge >= 0.3 is 28.9 Å². The topological polar surface area (TPSA) is 244 Å². The number of phosphoric ester groups is 1. The molecule has 0 aliphatic carbocycles. The highest BCUT2D eigenvalue weighted by molar-refractivity contribution is 7.68. The van der Waals surface area contributed by atoms with Crippen LogP contribution in [0.1, 0.15) is 11.8 Å². The minimum Gasteiger partial charge on any atom is -0.387 e. The van der Waals surface area contributed by atoms with Crippen molar-refractivity contribution in [3.05, 3.63) is 81.1 Å². The molecule has 4 rings (SSSR count). The largest absolute Gasteiger partial charge is 0.488 e. The Morgan fingerprint density at radius 1 is 0.897 bits per heavy atom. The van der Waals surface area contributed by atoms with Crippen LogP contribution in [-0.4, -0.2) is 59.4 Å². The van der Waals surface area contributed by atoms with Gasteiger partial charge in [-0.15, -0.1) is 0 Å². The lowest BCUT2D eigenvalue weighted by atomic mass is 10.1. The summed E-state index contributed by atoms with van der Waals surface area (Å²) in [5, 5.41) is 21.7. The summed E-state index contributed by atoms with van der Waals surface area (Å²) in [6.45, 7) is -1.01. The smallest absolute Gasteiger partial charge is 0.387 e. The molecule has 3 aromatic rings. The third-order valence-electron chi connectivity index (χ3n) is 5.55. The molecule has 0 bridgehead atoms. The van der Waals surface area contributed by atoms with Crippen molar-refractivity contribution in [2.24, 2.45) is 0 Å². The van der Waals surface area contributed by atoms with E-state index in [1.807, 2.05) is 4.98 Å². The number of aliphatic hydroxyl groups is 2. The summed E-state index contributed by atoms with van der Waals surface area (Å²) in [6.07, 6.45) is -6.35. The van der Waals surface area contributed by atoms with Gasteiger partial charge in [0.2, 0.25) is 0 Å². The van der Waals surface area contributed by atoms with Crippen molar-refractivity contribution in [2.45, 2.75) is 30.7 Å². The van der Waals surface area contributed by atoms with E-state index in [-0.39, 0.29) is 0 Å². The Balaban J connectivity index is 1.38. The summed E-state index contributed by atoms with van der Waals surface area (Å²) in [7, 11) is -16.1. The predicted octanol–water partition coefficient (Wildman–Crippen LogP) is 0.945. The molecule has 7 atom stereocenters. The van der Waals surface area contributed by atoms with Crippen LogP contribution in [0.4, 0.5) is 0 Å². The van der Waals surface area contributed by atoms with E-state index in [1.54, 1.807) is 36.4 Å². The Hall–Kier alpha value is -2.29. The average Bonchev–Trinajstić information content (AvgIpc) is 3.10. The number of rotatable bonds is 10. The summed E-state index contributed by atoms with van der Waals surface area (Å²) in [6, 6.07) is 12.6. The van der Waals surface area contributed by atoms with Crippen LogP contribution < -0.4 is 11.2 Å². The number of hydrogen-bond acceptors (Lipinski definition) is 11. The zero-order valence-electron chi connectivity index (χ0n) is 19.6. The van der Waals surface area contributed by atoms with Gasteiger partial charge in [0.05, 0.1) is 12.8 Å². The first-order valence-electron chi connectivity index (χ1n) is 11.0. The first-order chi connectivity index (χ1) is 18.2. The Labute approximate surface area is 218 Å². The van der Waals surface area contributed by atoms with E-state index in [0.29, 0.717) is 10.9 Å². The predicted molar refractivity (Wildman–Crippen MR) is 132 cm³/mol. The second-order valence-electron chi connectivity index (χ2n) is 8.39. The molecule has 1 fully saturated rings. The van der Waals surface area contributed by atoms with Crippen molar-refractivity contribution in [1.29, 1.82) is 0 Å². The average molecular weight is 608 g/mol. The summed E-state index contributed by atoms with van der Waals surface area (Å²) < 4.78 is 56.1. The highest BCUT2D eigenvalue weighted by atomic mass is 31.3. The van der Waals surface area contributed by atoms with Crippen LogP contribution in [0.5, 0.6) is 0 Å². The number of H-pyrrole nitrogens is 1. The molecule has 1 aromatic heterocycles. The van der Waals surface area contributed by atoms with E-state index in [2.05, 4.69) is 13.1 Å². The number of phosphoric acid groups is 2. The molecule has 1 saturated heterocycles. The van der Waals surface area contributed by atoms with Crippen LogP contribution in [-0.2, 0) is 37.7 Å². The molecule has 2 heterocycles. The van der Waals surface area contributed by atoms with Gasteiger partial charge in [0.25, 0.3) is 5.56 Å². The fourth-order valence-electron chi connectivity index (χ4n) is 3.90. The lowest BCUT2D eigenvalue weighted by Crippen LogP contribution is -2.37. The third-order valence-corrected chi connectivity index (χ3v) is 10.3. The van der Waals surface area contributed by atoms with E-state index >= 15 is 0 Å². The van der Waals surface area contributed by atoms with Gasteiger partial charge < -0.3 is 29.6 Å². The van der Waals surface area contributed by atoms with Gasteiger partial charge in [0.1, 0.15) is 18.3 Å². The number of ether oxygens (including phenoxy) is 1. The number of aromatic amines is 1. The molecule has 0 amide bonds. The quantitative estimate of drug-likeness (QED) is 0.176. The van der Waals surface area contributed by atoms with Gasteiger partial charge in [0.15, 0.2) is 6.23 Å². The van der Waals surface area contributed by atoms with Crippen LogP contribution in [0.3, 0.4) is 0 Å². The maximum atomic E-state index is 12.6. The maximum Gasteiger partial charge on any atom is 0.488 e. The number of fused-ring (bicyclic) bond motifs is 1. The molecule has 212 valence electrons. The van der Waals surface area contributed by atoms with E-state index in [0.717, 1.165) is 22.2 Å². The van der Waals surface area contributed by atoms with E-state index in [1.165, 1.54) is 6.07 Å². The first-order valence-corrected chi connectivity index (χ1v) is 15.8. The van der Waals surface area contributed by atoms with Crippen molar-refractivity contribution in [1.82, 2.24) is 9.55 Å². The number of nitrogens with one attached hydrogen (secondary N) is 1. The van der Waals surface area contributed by atoms with Crippen LogP contribution in [0.2, 0.25) is 0 Å². The Morgan fingerprint density at radius 2 is 1.59 bits per heavy atom. The van der Waals surface area contributed by atoms with Gasteiger partial charge in [0, 0.05) is 12.3 Å². The zero-order valence-corrected chi connectivity index (χ0v) is 22.3. The fraction of sp³-hybridized carbons (Fsp3) is 0.300. The maximum absolute atomic E-state index is 12.6. The summed E-state index contributed by atoms with van der Waals surface area (Å²) >= 11 is 0.